The monoisotopic (exact) mass is 799 g/mol. The van der Waals surface area contributed by atoms with E-state index >= 15 is 0 Å². The first kappa shape index (κ1) is 31.9. The van der Waals surface area contributed by atoms with E-state index in [2.05, 4.69) is 184 Å². The molecule has 4 heteroatoms. The van der Waals surface area contributed by atoms with Crippen LogP contribution in [0.15, 0.2) is 169 Å². The Morgan fingerprint density at radius 2 is 0.792 bits per heavy atom. The Balaban J connectivity index is 1.45. The van der Waals surface area contributed by atoms with E-state index in [4.69, 9.17) is 26.3 Å². The van der Waals surface area contributed by atoms with Crippen LogP contribution in [0, 0.1) is 0 Å². The third kappa shape index (κ3) is 5.09. The van der Waals surface area contributed by atoms with Crippen LogP contribution in [0.25, 0.3) is 34.4 Å². The molecular formula is C44H37Br2SiTi. The Hall–Kier alpha value is -3.31. The van der Waals surface area contributed by atoms with E-state index in [1.165, 1.54) is 66.0 Å². The van der Waals surface area contributed by atoms with Gasteiger partial charge in [-0.1, -0.05) is 0 Å². The first-order chi connectivity index (χ1) is 23.4. The number of benzene rings is 6. The van der Waals surface area contributed by atoms with Crippen molar-refractivity contribution in [3.05, 3.63) is 191 Å². The van der Waals surface area contributed by atoms with Gasteiger partial charge in [0, 0.05) is 0 Å². The summed E-state index contributed by atoms with van der Waals surface area (Å²) in [6, 6.07) is 58.7. The third-order valence-electron chi connectivity index (χ3n) is 10.6. The molecule has 0 amide bonds. The summed E-state index contributed by atoms with van der Waals surface area (Å²) < 4.78 is 0.467. The van der Waals surface area contributed by atoms with Crippen LogP contribution in [0.4, 0.5) is 0 Å². The van der Waals surface area contributed by atoms with E-state index in [0.29, 0.717) is 0 Å². The Bertz CT molecular complexity index is 2040. The predicted octanol–water partition coefficient (Wildman–Crippen LogP) is 11.5. The van der Waals surface area contributed by atoms with Crippen LogP contribution in [0.2, 0.25) is 0 Å². The molecule has 0 saturated heterocycles. The van der Waals surface area contributed by atoms with Gasteiger partial charge in [0.2, 0.25) is 0 Å². The minimum atomic E-state index is -4.34. The van der Waals surface area contributed by atoms with Crippen molar-refractivity contribution in [1.29, 1.82) is 0 Å². The summed E-state index contributed by atoms with van der Waals surface area (Å²) in [6.07, 6.45) is 5.01. The second-order valence-corrected chi connectivity index (χ2v) is 55.1. The standard InChI is InChI=1S/2C16H13.C12H11Si.2BrH.Ti/c2*1-12-10-14-8-5-9-15(16(14)11-12)13-6-3-2-4-7-13;1-3-7-11(8-4-1)13-12-9-5-2-6-10-12;;;/h2*2-11H,1H3;1-10,13H;2*1H;/q;;;;;+2/p-2. The van der Waals surface area contributed by atoms with Gasteiger partial charge in [-0.25, -0.2) is 0 Å². The van der Waals surface area contributed by atoms with Crippen molar-refractivity contribution in [2.24, 2.45) is 0 Å². The van der Waals surface area contributed by atoms with Crippen LogP contribution in [-0.4, -0.2) is 6.66 Å². The zero-order valence-corrected chi connectivity index (χ0v) is 33.0. The minimum absolute atomic E-state index is 0.234. The van der Waals surface area contributed by atoms with Gasteiger partial charge in [0.1, 0.15) is 0 Å². The Labute approximate surface area is 299 Å². The molecule has 6 aromatic carbocycles. The summed E-state index contributed by atoms with van der Waals surface area (Å²) in [6.45, 7) is 2.75. The summed E-state index contributed by atoms with van der Waals surface area (Å²) in [5, 5.41) is 2.96. The average molecular weight is 802 g/mol. The van der Waals surface area contributed by atoms with E-state index in [1.807, 2.05) is 0 Å². The fraction of sp³-hybridized carbons (Fsp3) is 0.0909. The van der Waals surface area contributed by atoms with Crippen molar-refractivity contribution in [3.8, 4) is 22.3 Å². The first-order valence-corrected chi connectivity index (χ1v) is 30.7. The molecule has 0 aliphatic heterocycles. The van der Waals surface area contributed by atoms with Gasteiger partial charge in [0.05, 0.1) is 0 Å². The van der Waals surface area contributed by atoms with Crippen molar-refractivity contribution in [2.45, 2.75) is 22.3 Å². The normalized spacial score (nSPS) is 17.6. The van der Waals surface area contributed by atoms with E-state index in [0.717, 1.165) is 0 Å². The van der Waals surface area contributed by atoms with Crippen LogP contribution in [0.1, 0.15) is 44.5 Å². The van der Waals surface area contributed by atoms with Crippen LogP contribution >= 0.6 is 26.3 Å². The third-order valence-corrected chi connectivity index (χ3v) is 49.6. The molecule has 0 nitrogen and oxygen atoms in total. The molecule has 0 fully saturated rings. The molecule has 48 heavy (non-hydrogen) atoms. The number of halogens is 2. The summed E-state index contributed by atoms with van der Waals surface area (Å²) in [7, 11) is -4.34. The Morgan fingerprint density at radius 1 is 0.438 bits per heavy atom. The second-order valence-electron chi connectivity index (χ2n) is 13.5. The second kappa shape index (κ2) is 12.5. The quantitative estimate of drug-likeness (QED) is 0.141. The van der Waals surface area contributed by atoms with E-state index in [-0.39, 0.29) is 8.45 Å². The fourth-order valence-electron chi connectivity index (χ4n) is 8.93. The molecule has 6 aromatic rings. The summed E-state index contributed by atoms with van der Waals surface area (Å²) in [4.78, 5) is 0. The molecular weight excluding hydrogens is 764 g/mol. The van der Waals surface area contributed by atoms with Gasteiger partial charge in [0.25, 0.3) is 0 Å². The van der Waals surface area contributed by atoms with E-state index < -0.39 is 17.0 Å². The van der Waals surface area contributed by atoms with Crippen molar-refractivity contribution < 1.29 is 10.4 Å². The van der Waals surface area contributed by atoms with Crippen LogP contribution < -0.4 is 10.4 Å². The van der Waals surface area contributed by atoms with Gasteiger partial charge < -0.3 is 0 Å². The topological polar surface area (TPSA) is 0 Å². The maximum atomic E-state index is 5.05. The molecule has 0 heterocycles. The molecule has 2 aliphatic carbocycles. The van der Waals surface area contributed by atoms with E-state index in [9.17, 15) is 0 Å². The zero-order valence-electron chi connectivity index (χ0n) is 27.2. The molecule has 0 aromatic heterocycles. The molecule has 0 N–H and O–H groups in total. The van der Waals surface area contributed by atoms with E-state index in [1.54, 1.807) is 0 Å². The van der Waals surface area contributed by atoms with Gasteiger partial charge in [-0.2, -0.15) is 0 Å². The first-order valence-electron chi connectivity index (χ1n) is 16.8. The van der Waals surface area contributed by atoms with Gasteiger partial charge in [0.15, 0.2) is 0 Å². The predicted molar refractivity (Wildman–Crippen MR) is 214 cm³/mol. The van der Waals surface area contributed by atoms with Crippen molar-refractivity contribution in [3.63, 3.8) is 0 Å². The molecule has 2 atom stereocenters. The molecule has 0 spiro atoms. The number of hydrogen-bond donors (Lipinski definition) is 0. The zero-order chi connectivity index (χ0) is 32.9. The molecule has 8 rings (SSSR count). The van der Waals surface area contributed by atoms with Crippen molar-refractivity contribution in [2.75, 3.05) is 0 Å². The van der Waals surface area contributed by atoms with Gasteiger partial charge in [-0.15, -0.1) is 0 Å². The Morgan fingerprint density at radius 3 is 1.17 bits per heavy atom. The van der Waals surface area contributed by atoms with Gasteiger partial charge in [-0.05, 0) is 0 Å². The molecule has 0 saturated carbocycles. The average Bonchev–Trinajstić information content (AvgIpc) is 3.66. The number of rotatable bonds is 7. The van der Waals surface area contributed by atoms with Crippen LogP contribution in [0.5, 0.6) is 0 Å². The van der Waals surface area contributed by atoms with Crippen molar-refractivity contribution in [1.82, 2.24) is 0 Å². The fourth-order valence-corrected chi connectivity index (χ4v) is 56.3. The number of allylic oxidation sites excluding steroid dienone is 2. The number of fused-ring (bicyclic) bond motifs is 2. The van der Waals surface area contributed by atoms with Crippen LogP contribution in [-0.2, 0) is 10.4 Å². The Kier molecular flexibility index (Phi) is 8.34. The van der Waals surface area contributed by atoms with Crippen LogP contribution in [0.3, 0.4) is 0 Å². The molecule has 235 valence electrons. The molecule has 2 aliphatic rings. The number of hydrogen-bond acceptors (Lipinski definition) is 0. The van der Waals surface area contributed by atoms with Gasteiger partial charge in [-0.3, -0.25) is 0 Å². The van der Waals surface area contributed by atoms with Gasteiger partial charge >= 0.3 is 302 Å². The maximum absolute atomic E-state index is 5.05. The molecule has 0 radical (unpaired) electrons. The SMILES string of the molecule is CC1=Cc2c(-c3ccccc3)cccc2[CH]1[Ti]([Br])([Br])([CH]1C(C)=Cc2c(-c3ccccc3)cccc21)[SiH](c1ccccc1)c1ccccc1. The van der Waals surface area contributed by atoms with Crippen molar-refractivity contribution >= 4 is 55.5 Å². The summed E-state index contributed by atoms with van der Waals surface area (Å²) in [5.74, 6) is 0. The summed E-state index contributed by atoms with van der Waals surface area (Å²) >= 11 is 10.1. The summed E-state index contributed by atoms with van der Waals surface area (Å²) in [5.41, 5.74) is 13.7. The molecule has 0 bridgehead atoms. The molecule has 2 unspecified atom stereocenters.